The van der Waals surface area contributed by atoms with Crippen molar-refractivity contribution in [1.82, 2.24) is 0 Å². The highest BCUT2D eigenvalue weighted by molar-refractivity contribution is 4.48. The zero-order valence-electron chi connectivity index (χ0n) is 5.30. The molecule has 0 radical (unpaired) electrons. The highest BCUT2D eigenvalue weighted by Gasteiger charge is 1.96. The van der Waals surface area contributed by atoms with Gasteiger partial charge in [0.1, 0.15) is 0 Å². The van der Waals surface area contributed by atoms with Crippen LogP contribution in [0.5, 0.6) is 0 Å². The summed E-state index contributed by atoms with van der Waals surface area (Å²) in [5.74, 6) is 0.349. The zero-order valence-corrected chi connectivity index (χ0v) is 5.30. The maximum absolute atomic E-state index is 8.48. The Hall–Kier alpha value is -0.0800. The highest BCUT2D eigenvalue weighted by atomic mass is 16.3. The Morgan fingerprint density at radius 1 is 1.38 bits per heavy atom. The molecule has 0 saturated carbocycles. The maximum atomic E-state index is 8.48. The molecule has 0 saturated heterocycles. The molecule has 0 bridgehead atoms. The van der Waals surface area contributed by atoms with E-state index in [0.717, 1.165) is 12.8 Å². The SMILES string of the molecule is C[C@H](CO)CCCO. The largest absolute Gasteiger partial charge is 0.396 e. The van der Waals surface area contributed by atoms with Gasteiger partial charge in [0.25, 0.3) is 0 Å². The summed E-state index contributed by atoms with van der Waals surface area (Å²) in [5, 5.41) is 16.8. The molecule has 0 spiro atoms. The molecule has 0 amide bonds. The van der Waals surface area contributed by atoms with E-state index in [9.17, 15) is 0 Å². The number of hydrogen-bond acceptors (Lipinski definition) is 2. The van der Waals surface area contributed by atoms with E-state index < -0.39 is 0 Å². The minimum atomic E-state index is 0.236. The second-order valence-corrected chi connectivity index (χ2v) is 2.15. The standard InChI is InChI=1S/C6H14O2/c1-6(5-8)3-2-4-7/h6-8H,2-5H2,1H3/t6-/m0/s1. The van der Waals surface area contributed by atoms with Crippen LogP contribution in [0.25, 0.3) is 0 Å². The summed E-state index contributed by atoms with van der Waals surface area (Å²) in [6.45, 7) is 2.44. The molecule has 0 aromatic heterocycles. The Kier molecular flexibility index (Phi) is 5.01. The summed E-state index contributed by atoms with van der Waals surface area (Å²) in [4.78, 5) is 0. The zero-order chi connectivity index (χ0) is 6.41. The second kappa shape index (κ2) is 5.06. The number of hydrogen-bond donors (Lipinski definition) is 2. The van der Waals surface area contributed by atoms with Gasteiger partial charge in [-0.1, -0.05) is 6.92 Å². The van der Waals surface area contributed by atoms with Crippen LogP contribution in [0.15, 0.2) is 0 Å². The average Bonchev–Trinajstić information content (AvgIpc) is 1.83. The van der Waals surface area contributed by atoms with Crippen molar-refractivity contribution in [2.75, 3.05) is 13.2 Å². The first-order valence-electron chi connectivity index (χ1n) is 3.03. The van der Waals surface area contributed by atoms with Crippen LogP contribution in [-0.4, -0.2) is 23.4 Å². The van der Waals surface area contributed by atoms with E-state index in [1.54, 1.807) is 0 Å². The third kappa shape index (κ3) is 4.09. The Balaban J connectivity index is 2.86. The van der Waals surface area contributed by atoms with Crippen LogP contribution in [0.2, 0.25) is 0 Å². The van der Waals surface area contributed by atoms with Crippen LogP contribution in [0.1, 0.15) is 19.8 Å². The molecule has 0 fully saturated rings. The van der Waals surface area contributed by atoms with Crippen molar-refractivity contribution in [2.45, 2.75) is 19.8 Å². The molecule has 1 atom stereocenters. The molecule has 0 heterocycles. The lowest BCUT2D eigenvalue weighted by atomic mass is 10.1. The molecule has 0 aliphatic heterocycles. The van der Waals surface area contributed by atoms with Gasteiger partial charge in [-0.25, -0.2) is 0 Å². The molecular weight excluding hydrogens is 104 g/mol. The quantitative estimate of drug-likeness (QED) is 0.560. The van der Waals surface area contributed by atoms with Crippen molar-refractivity contribution in [1.29, 1.82) is 0 Å². The first kappa shape index (κ1) is 7.92. The molecule has 0 aromatic rings. The normalized spacial score (nSPS) is 13.9. The van der Waals surface area contributed by atoms with Crippen molar-refractivity contribution in [2.24, 2.45) is 5.92 Å². The first-order chi connectivity index (χ1) is 3.81. The summed E-state index contributed by atoms with van der Waals surface area (Å²) in [6, 6.07) is 0. The van der Waals surface area contributed by atoms with Gasteiger partial charge in [0, 0.05) is 13.2 Å². The Morgan fingerprint density at radius 3 is 2.38 bits per heavy atom. The van der Waals surface area contributed by atoms with Crippen LogP contribution < -0.4 is 0 Å². The lowest BCUT2D eigenvalue weighted by Crippen LogP contribution is -2.00. The van der Waals surface area contributed by atoms with E-state index in [1.165, 1.54) is 0 Å². The van der Waals surface area contributed by atoms with E-state index in [4.69, 9.17) is 10.2 Å². The van der Waals surface area contributed by atoms with Gasteiger partial charge in [-0.3, -0.25) is 0 Å². The third-order valence-corrected chi connectivity index (χ3v) is 1.17. The van der Waals surface area contributed by atoms with E-state index in [2.05, 4.69) is 0 Å². The number of aliphatic hydroxyl groups excluding tert-OH is 2. The Labute approximate surface area is 50.2 Å². The van der Waals surface area contributed by atoms with Crippen LogP contribution in [0.3, 0.4) is 0 Å². The van der Waals surface area contributed by atoms with Gasteiger partial charge in [0.15, 0.2) is 0 Å². The van der Waals surface area contributed by atoms with E-state index >= 15 is 0 Å². The maximum Gasteiger partial charge on any atom is 0.0456 e. The smallest absolute Gasteiger partial charge is 0.0456 e. The number of aliphatic hydroxyl groups is 2. The van der Waals surface area contributed by atoms with Gasteiger partial charge in [0.2, 0.25) is 0 Å². The lowest BCUT2D eigenvalue weighted by Gasteiger charge is -2.03. The molecule has 0 unspecified atom stereocenters. The monoisotopic (exact) mass is 118 g/mol. The minimum absolute atomic E-state index is 0.236. The predicted octanol–water partition coefficient (Wildman–Crippen LogP) is 0.387. The molecule has 0 aromatic carbocycles. The number of rotatable bonds is 4. The van der Waals surface area contributed by atoms with Gasteiger partial charge in [-0.05, 0) is 18.8 Å². The van der Waals surface area contributed by atoms with Crippen LogP contribution >= 0.6 is 0 Å². The molecule has 2 heteroatoms. The van der Waals surface area contributed by atoms with Crippen molar-refractivity contribution in [3.8, 4) is 0 Å². The summed E-state index contributed by atoms with van der Waals surface area (Å²) < 4.78 is 0. The summed E-state index contributed by atoms with van der Waals surface area (Å²) >= 11 is 0. The fourth-order valence-electron chi connectivity index (χ4n) is 0.531. The van der Waals surface area contributed by atoms with Gasteiger partial charge < -0.3 is 10.2 Å². The molecule has 2 nitrogen and oxygen atoms in total. The van der Waals surface area contributed by atoms with Crippen molar-refractivity contribution in [3.63, 3.8) is 0 Å². The fourth-order valence-corrected chi connectivity index (χ4v) is 0.531. The molecule has 2 N–H and O–H groups in total. The summed E-state index contributed by atoms with van der Waals surface area (Å²) in [5.41, 5.74) is 0. The van der Waals surface area contributed by atoms with Crippen LogP contribution in [0, 0.1) is 5.92 Å². The summed E-state index contributed by atoms with van der Waals surface area (Å²) in [6.07, 6.45) is 1.73. The van der Waals surface area contributed by atoms with Gasteiger partial charge in [0.05, 0.1) is 0 Å². The first-order valence-corrected chi connectivity index (χ1v) is 3.03. The van der Waals surface area contributed by atoms with Crippen LogP contribution in [-0.2, 0) is 0 Å². The predicted molar refractivity (Wildman–Crippen MR) is 32.6 cm³/mol. The van der Waals surface area contributed by atoms with E-state index in [1.807, 2.05) is 6.92 Å². The van der Waals surface area contributed by atoms with Crippen molar-refractivity contribution < 1.29 is 10.2 Å². The van der Waals surface area contributed by atoms with Gasteiger partial charge in [-0.2, -0.15) is 0 Å². The topological polar surface area (TPSA) is 40.5 Å². The van der Waals surface area contributed by atoms with E-state index in [0.29, 0.717) is 5.92 Å². The Morgan fingerprint density at radius 2 is 2.00 bits per heavy atom. The minimum Gasteiger partial charge on any atom is -0.396 e. The second-order valence-electron chi connectivity index (χ2n) is 2.15. The Bertz CT molecular complexity index is 45.8. The molecule has 0 aliphatic carbocycles. The molecule has 8 heavy (non-hydrogen) atoms. The van der Waals surface area contributed by atoms with Gasteiger partial charge >= 0.3 is 0 Å². The average molecular weight is 118 g/mol. The van der Waals surface area contributed by atoms with Crippen molar-refractivity contribution in [3.05, 3.63) is 0 Å². The molecule has 0 rings (SSSR count). The molecule has 50 valence electrons. The van der Waals surface area contributed by atoms with E-state index in [-0.39, 0.29) is 13.2 Å². The van der Waals surface area contributed by atoms with Crippen molar-refractivity contribution >= 4 is 0 Å². The summed E-state index contributed by atoms with van der Waals surface area (Å²) in [7, 11) is 0. The van der Waals surface area contributed by atoms with Crippen LogP contribution in [0.4, 0.5) is 0 Å². The molecule has 0 aliphatic rings. The third-order valence-electron chi connectivity index (χ3n) is 1.17. The fraction of sp³-hybridized carbons (Fsp3) is 1.00. The van der Waals surface area contributed by atoms with Gasteiger partial charge in [-0.15, -0.1) is 0 Å². The highest BCUT2D eigenvalue weighted by Crippen LogP contribution is 2.01. The molecular formula is C6H14O2. The lowest BCUT2D eigenvalue weighted by molar-refractivity contribution is 0.212.